The van der Waals surface area contributed by atoms with E-state index in [1.54, 1.807) is 29.9 Å². The van der Waals surface area contributed by atoms with Gasteiger partial charge in [-0.1, -0.05) is 30.3 Å². The lowest BCUT2D eigenvalue weighted by atomic mass is 10.1. The molecule has 0 saturated heterocycles. The number of amides is 1. The average molecular weight is 349 g/mol. The molecule has 0 aliphatic heterocycles. The van der Waals surface area contributed by atoms with Crippen LogP contribution in [0.3, 0.4) is 0 Å². The second-order valence-corrected chi connectivity index (χ2v) is 5.63. The van der Waals surface area contributed by atoms with Crippen LogP contribution in [-0.2, 0) is 11.2 Å². The standard InChI is InChI=1S/C20H19N3O3/c1-2-26-20(25)21-16-8-6-7-15(13-16)14-18-19(24)11-12-23(22-18)17-9-4-3-5-10-17/h3-13H,2,14H2,1H3,(H,21,25). The summed E-state index contributed by atoms with van der Waals surface area (Å²) < 4.78 is 6.55. The van der Waals surface area contributed by atoms with Gasteiger partial charge in [-0.25, -0.2) is 9.48 Å². The molecule has 0 radical (unpaired) electrons. The van der Waals surface area contributed by atoms with Gasteiger partial charge in [-0.3, -0.25) is 10.1 Å². The first-order valence-corrected chi connectivity index (χ1v) is 8.32. The van der Waals surface area contributed by atoms with Crippen LogP contribution in [0.5, 0.6) is 0 Å². The Morgan fingerprint density at radius 1 is 1.12 bits per heavy atom. The van der Waals surface area contributed by atoms with E-state index in [2.05, 4.69) is 10.4 Å². The maximum atomic E-state index is 12.2. The Bertz CT molecular complexity index is 952. The molecule has 1 heterocycles. The van der Waals surface area contributed by atoms with E-state index in [0.717, 1.165) is 11.3 Å². The molecule has 3 aromatic rings. The zero-order valence-electron chi connectivity index (χ0n) is 14.4. The Kier molecular flexibility index (Phi) is 5.43. The van der Waals surface area contributed by atoms with Gasteiger partial charge < -0.3 is 4.74 Å². The minimum absolute atomic E-state index is 0.124. The molecule has 26 heavy (non-hydrogen) atoms. The van der Waals surface area contributed by atoms with Crippen molar-refractivity contribution >= 4 is 11.8 Å². The molecule has 0 fully saturated rings. The molecule has 0 bridgehead atoms. The van der Waals surface area contributed by atoms with Crippen molar-refractivity contribution in [3.63, 3.8) is 0 Å². The third-order valence-electron chi connectivity index (χ3n) is 3.72. The van der Waals surface area contributed by atoms with Crippen molar-refractivity contribution in [3.05, 3.63) is 88.3 Å². The lowest BCUT2D eigenvalue weighted by Crippen LogP contribution is -2.16. The molecule has 6 heteroatoms. The highest BCUT2D eigenvalue weighted by Gasteiger charge is 2.07. The number of carbonyl (C=O) groups excluding carboxylic acids is 1. The van der Waals surface area contributed by atoms with Crippen molar-refractivity contribution in [1.82, 2.24) is 9.78 Å². The number of hydrogen-bond donors (Lipinski definition) is 1. The van der Waals surface area contributed by atoms with Crippen LogP contribution >= 0.6 is 0 Å². The smallest absolute Gasteiger partial charge is 0.411 e. The second-order valence-electron chi connectivity index (χ2n) is 5.63. The normalized spacial score (nSPS) is 10.3. The van der Waals surface area contributed by atoms with Crippen LogP contribution in [0.4, 0.5) is 10.5 Å². The van der Waals surface area contributed by atoms with Crippen molar-refractivity contribution in [2.24, 2.45) is 0 Å². The first-order chi connectivity index (χ1) is 12.7. The molecule has 3 rings (SSSR count). The van der Waals surface area contributed by atoms with Gasteiger partial charge in [0.05, 0.1) is 12.3 Å². The number of benzene rings is 2. The van der Waals surface area contributed by atoms with Crippen LogP contribution in [0.1, 0.15) is 18.2 Å². The predicted molar refractivity (Wildman–Crippen MR) is 99.7 cm³/mol. The number of carbonyl (C=O) groups is 1. The second kappa shape index (κ2) is 8.11. The molecule has 0 atom stereocenters. The molecule has 1 aromatic heterocycles. The lowest BCUT2D eigenvalue weighted by Gasteiger charge is -2.09. The molecule has 6 nitrogen and oxygen atoms in total. The van der Waals surface area contributed by atoms with Crippen LogP contribution < -0.4 is 10.7 Å². The van der Waals surface area contributed by atoms with Crippen molar-refractivity contribution < 1.29 is 9.53 Å². The molecule has 132 valence electrons. The van der Waals surface area contributed by atoms with E-state index in [9.17, 15) is 9.59 Å². The molecular formula is C20H19N3O3. The number of para-hydroxylation sites is 1. The fraction of sp³-hybridized carbons (Fsp3) is 0.150. The van der Waals surface area contributed by atoms with Gasteiger partial charge in [-0.15, -0.1) is 0 Å². The molecule has 0 unspecified atom stereocenters. The summed E-state index contributed by atoms with van der Waals surface area (Å²) in [4.78, 5) is 23.7. The number of aromatic nitrogens is 2. The van der Waals surface area contributed by atoms with Crippen LogP contribution in [0, 0.1) is 0 Å². The van der Waals surface area contributed by atoms with E-state index in [-0.39, 0.29) is 5.43 Å². The number of anilines is 1. The van der Waals surface area contributed by atoms with Crippen molar-refractivity contribution in [2.45, 2.75) is 13.3 Å². The Hall–Kier alpha value is -3.41. The van der Waals surface area contributed by atoms with Gasteiger partial charge in [0.2, 0.25) is 5.43 Å². The number of ether oxygens (including phenoxy) is 1. The van der Waals surface area contributed by atoms with E-state index in [1.807, 2.05) is 42.5 Å². The van der Waals surface area contributed by atoms with Gasteiger partial charge >= 0.3 is 6.09 Å². The minimum Gasteiger partial charge on any atom is -0.450 e. The molecule has 2 aromatic carbocycles. The van der Waals surface area contributed by atoms with E-state index < -0.39 is 6.09 Å². The number of nitrogens with zero attached hydrogens (tertiary/aromatic N) is 2. The Morgan fingerprint density at radius 2 is 1.92 bits per heavy atom. The van der Waals surface area contributed by atoms with Gasteiger partial charge in [0.1, 0.15) is 5.69 Å². The summed E-state index contributed by atoms with van der Waals surface area (Å²) in [5.74, 6) is 0. The Labute approximate surface area is 151 Å². The third kappa shape index (κ3) is 4.36. The van der Waals surface area contributed by atoms with Crippen molar-refractivity contribution in [3.8, 4) is 5.69 Å². The summed E-state index contributed by atoms with van der Waals surface area (Å²) >= 11 is 0. The number of rotatable bonds is 5. The van der Waals surface area contributed by atoms with Crippen molar-refractivity contribution in [1.29, 1.82) is 0 Å². The monoisotopic (exact) mass is 349 g/mol. The Balaban J connectivity index is 1.83. The van der Waals surface area contributed by atoms with Gasteiger partial charge in [-0.2, -0.15) is 5.10 Å². The highest BCUT2D eigenvalue weighted by atomic mass is 16.5. The highest BCUT2D eigenvalue weighted by molar-refractivity contribution is 5.84. The fourth-order valence-corrected chi connectivity index (χ4v) is 2.53. The Morgan fingerprint density at radius 3 is 2.69 bits per heavy atom. The summed E-state index contributed by atoms with van der Waals surface area (Å²) in [6.07, 6.45) is 1.51. The quantitative estimate of drug-likeness (QED) is 0.766. The van der Waals surface area contributed by atoms with Crippen LogP contribution in [0.15, 0.2) is 71.7 Å². The predicted octanol–water partition coefficient (Wildman–Crippen LogP) is 3.39. The molecule has 0 aliphatic rings. The van der Waals surface area contributed by atoms with Crippen LogP contribution in [0.25, 0.3) is 5.69 Å². The molecule has 1 N–H and O–H groups in total. The van der Waals surface area contributed by atoms with Gasteiger partial charge in [-0.05, 0) is 36.8 Å². The first kappa shape index (κ1) is 17.4. The minimum atomic E-state index is -0.506. The maximum absolute atomic E-state index is 12.2. The van der Waals surface area contributed by atoms with Crippen LogP contribution in [0.2, 0.25) is 0 Å². The maximum Gasteiger partial charge on any atom is 0.411 e. The molecule has 1 amide bonds. The molecule has 0 aliphatic carbocycles. The number of nitrogens with one attached hydrogen (secondary N) is 1. The van der Waals surface area contributed by atoms with Crippen molar-refractivity contribution in [2.75, 3.05) is 11.9 Å². The van der Waals surface area contributed by atoms with Gasteiger partial charge in [0.25, 0.3) is 0 Å². The summed E-state index contributed by atoms with van der Waals surface area (Å²) in [6.45, 7) is 2.05. The van der Waals surface area contributed by atoms with Gasteiger partial charge in [0.15, 0.2) is 0 Å². The van der Waals surface area contributed by atoms with E-state index in [4.69, 9.17) is 4.74 Å². The largest absolute Gasteiger partial charge is 0.450 e. The summed E-state index contributed by atoms with van der Waals surface area (Å²) in [6, 6.07) is 18.4. The van der Waals surface area contributed by atoms with Crippen LogP contribution in [-0.4, -0.2) is 22.5 Å². The van der Waals surface area contributed by atoms with E-state index >= 15 is 0 Å². The van der Waals surface area contributed by atoms with E-state index in [0.29, 0.717) is 24.4 Å². The van der Waals surface area contributed by atoms with Gasteiger partial charge in [0, 0.05) is 24.4 Å². The topological polar surface area (TPSA) is 73.2 Å². The molecule has 0 saturated carbocycles. The molecule has 0 spiro atoms. The van der Waals surface area contributed by atoms with E-state index in [1.165, 1.54) is 6.07 Å². The highest BCUT2D eigenvalue weighted by Crippen LogP contribution is 2.13. The SMILES string of the molecule is CCOC(=O)Nc1cccc(Cc2nn(-c3ccccc3)ccc2=O)c1. The lowest BCUT2D eigenvalue weighted by molar-refractivity contribution is 0.168. The zero-order chi connectivity index (χ0) is 18.4. The summed E-state index contributed by atoms with van der Waals surface area (Å²) in [5, 5.41) is 7.11. The fourth-order valence-electron chi connectivity index (χ4n) is 2.53. The molecular weight excluding hydrogens is 330 g/mol. The summed E-state index contributed by atoms with van der Waals surface area (Å²) in [7, 11) is 0. The average Bonchev–Trinajstić information content (AvgIpc) is 2.65. The summed E-state index contributed by atoms with van der Waals surface area (Å²) in [5.41, 5.74) is 2.67. The number of hydrogen-bond acceptors (Lipinski definition) is 4. The first-order valence-electron chi connectivity index (χ1n) is 8.32. The zero-order valence-corrected chi connectivity index (χ0v) is 14.4. The third-order valence-corrected chi connectivity index (χ3v) is 3.72.